The summed E-state index contributed by atoms with van der Waals surface area (Å²) in [7, 11) is 2.13. The van der Waals surface area contributed by atoms with Gasteiger partial charge < -0.3 is 9.80 Å². The Kier molecular flexibility index (Phi) is 3.01. The molecule has 1 N–H and O–H groups in total. The number of hydrogen-bond acceptors (Lipinski definition) is 4. The third-order valence-corrected chi connectivity index (χ3v) is 4.25. The molecule has 4 nitrogen and oxygen atoms in total. The average Bonchev–Trinajstić information content (AvgIpc) is 2.86. The van der Waals surface area contributed by atoms with Crippen molar-refractivity contribution in [2.75, 3.05) is 33.2 Å². The van der Waals surface area contributed by atoms with Gasteiger partial charge in [-0.1, -0.05) is 0 Å². The van der Waals surface area contributed by atoms with Crippen LogP contribution in [0.1, 0.15) is 5.56 Å². The summed E-state index contributed by atoms with van der Waals surface area (Å²) in [5.74, 6) is 0.603. The molecular formula is C13H16N4S. The molecule has 3 rings (SSSR count). The van der Waals surface area contributed by atoms with E-state index >= 15 is 0 Å². The SMILES string of the molecule is CN1CCN(C(=N)c2cnc3ccsc3c2)CC1. The van der Waals surface area contributed by atoms with Crippen LogP contribution in [0, 0.1) is 5.41 Å². The minimum atomic E-state index is 0.603. The number of piperazine rings is 1. The van der Waals surface area contributed by atoms with Crippen LogP contribution in [0.2, 0.25) is 0 Å². The fourth-order valence-corrected chi connectivity index (χ4v) is 2.97. The number of aromatic nitrogens is 1. The molecule has 0 atom stereocenters. The van der Waals surface area contributed by atoms with Gasteiger partial charge in [0.2, 0.25) is 0 Å². The number of thiophene rings is 1. The molecule has 0 radical (unpaired) electrons. The zero-order chi connectivity index (χ0) is 12.5. The molecule has 94 valence electrons. The van der Waals surface area contributed by atoms with Gasteiger partial charge in [-0.15, -0.1) is 11.3 Å². The molecule has 1 fully saturated rings. The molecule has 0 bridgehead atoms. The second-order valence-corrected chi connectivity index (χ2v) is 5.61. The Morgan fingerprint density at radius 1 is 1.33 bits per heavy atom. The molecule has 2 aromatic rings. The van der Waals surface area contributed by atoms with Crippen molar-refractivity contribution in [2.45, 2.75) is 0 Å². The Labute approximate surface area is 110 Å². The molecule has 18 heavy (non-hydrogen) atoms. The maximum absolute atomic E-state index is 8.29. The maximum Gasteiger partial charge on any atom is 0.129 e. The second kappa shape index (κ2) is 4.66. The smallest absolute Gasteiger partial charge is 0.129 e. The highest BCUT2D eigenvalue weighted by Gasteiger charge is 2.18. The van der Waals surface area contributed by atoms with Crippen LogP contribution < -0.4 is 0 Å². The van der Waals surface area contributed by atoms with Crippen molar-refractivity contribution in [3.63, 3.8) is 0 Å². The second-order valence-electron chi connectivity index (χ2n) is 4.67. The van der Waals surface area contributed by atoms with Gasteiger partial charge in [0.05, 0.1) is 10.2 Å². The van der Waals surface area contributed by atoms with Crippen molar-refractivity contribution in [2.24, 2.45) is 0 Å². The fraction of sp³-hybridized carbons (Fsp3) is 0.385. The topological polar surface area (TPSA) is 43.2 Å². The van der Waals surface area contributed by atoms with Crippen LogP contribution in [0.15, 0.2) is 23.7 Å². The summed E-state index contributed by atoms with van der Waals surface area (Å²) >= 11 is 1.68. The van der Waals surface area contributed by atoms with Crippen LogP contribution in [0.4, 0.5) is 0 Å². The lowest BCUT2D eigenvalue weighted by Crippen LogP contribution is -2.47. The van der Waals surface area contributed by atoms with Crippen molar-refractivity contribution < 1.29 is 0 Å². The van der Waals surface area contributed by atoms with Gasteiger partial charge in [-0.05, 0) is 24.6 Å². The largest absolute Gasteiger partial charge is 0.354 e. The van der Waals surface area contributed by atoms with Crippen molar-refractivity contribution in [1.29, 1.82) is 5.41 Å². The Morgan fingerprint density at radius 2 is 2.11 bits per heavy atom. The van der Waals surface area contributed by atoms with E-state index in [1.54, 1.807) is 11.3 Å². The maximum atomic E-state index is 8.29. The number of nitrogens with zero attached hydrogens (tertiary/aromatic N) is 3. The molecule has 3 heterocycles. The van der Waals surface area contributed by atoms with Crippen LogP contribution in [0.5, 0.6) is 0 Å². The quantitative estimate of drug-likeness (QED) is 0.629. The first-order valence-electron chi connectivity index (χ1n) is 6.10. The van der Waals surface area contributed by atoms with Gasteiger partial charge in [0.1, 0.15) is 5.84 Å². The van der Waals surface area contributed by atoms with Crippen molar-refractivity contribution in [1.82, 2.24) is 14.8 Å². The van der Waals surface area contributed by atoms with E-state index in [-0.39, 0.29) is 0 Å². The standard InChI is InChI=1S/C13H16N4S/c1-16-3-5-17(6-4-16)13(14)10-8-12-11(15-9-10)2-7-18-12/h2,7-9,14H,3-6H2,1H3. The summed E-state index contributed by atoms with van der Waals surface area (Å²) in [6.07, 6.45) is 1.82. The Morgan fingerprint density at radius 3 is 2.89 bits per heavy atom. The minimum Gasteiger partial charge on any atom is -0.354 e. The molecule has 0 unspecified atom stereocenters. The van der Waals surface area contributed by atoms with Crippen LogP contribution in [0.25, 0.3) is 10.2 Å². The molecule has 1 aliphatic heterocycles. The molecule has 1 aliphatic rings. The lowest BCUT2D eigenvalue weighted by atomic mass is 10.2. The first-order chi connectivity index (χ1) is 8.74. The number of fused-ring (bicyclic) bond motifs is 1. The van der Waals surface area contributed by atoms with E-state index in [0.29, 0.717) is 5.84 Å². The third-order valence-electron chi connectivity index (χ3n) is 3.40. The number of nitrogens with one attached hydrogen (secondary N) is 1. The van der Waals surface area contributed by atoms with Crippen LogP contribution >= 0.6 is 11.3 Å². The number of amidine groups is 1. The molecule has 2 aromatic heterocycles. The van der Waals surface area contributed by atoms with Crippen molar-refractivity contribution in [3.05, 3.63) is 29.3 Å². The van der Waals surface area contributed by atoms with E-state index in [4.69, 9.17) is 5.41 Å². The van der Waals surface area contributed by atoms with Gasteiger partial charge in [-0.2, -0.15) is 0 Å². The van der Waals surface area contributed by atoms with Crippen molar-refractivity contribution in [3.8, 4) is 0 Å². The van der Waals surface area contributed by atoms with Gasteiger partial charge >= 0.3 is 0 Å². The summed E-state index contributed by atoms with van der Waals surface area (Å²) in [5.41, 5.74) is 1.95. The zero-order valence-electron chi connectivity index (χ0n) is 10.4. The lowest BCUT2D eigenvalue weighted by Gasteiger charge is -2.34. The lowest BCUT2D eigenvalue weighted by molar-refractivity contribution is 0.215. The first-order valence-corrected chi connectivity index (χ1v) is 6.98. The summed E-state index contributed by atoms with van der Waals surface area (Å²) in [6, 6.07) is 4.09. The molecular weight excluding hydrogens is 244 g/mol. The van der Waals surface area contributed by atoms with Crippen LogP contribution in [0.3, 0.4) is 0 Å². The summed E-state index contributed by atoms with van der Waals surface area (Å²) in [4.78, 5) is 8.84. The molecule has 0 spiro atoms. The predicted molar refractivity (Wildman–Crippen MR) is 75.5 cm³/mol. The number of likely N-dealkylation sites (N-methyl/N-ethyl adjacent to an activating group) is 1. The normalized spacial score (nSPS) is 17.3. The Bertz CT molecular complexity index is 569. The molecule has 0 aliphatic carbocycles. The summed E-state index contributed by atoms with van der Waals surface area (Å²) in [6.45, 7) is 3.91. The predicted octanol–water partition coefficient (Wildman–Crippen LogP) is 1.87. The van der Waals surface area contributed by atoms with Gasteiger partial charge in [0.25, 0.3) is 0 Å². The number of pyridine rings is 1. The summed E-state index contributed by atoms with van der Waals surface area (Å²) < 4.78 is 1.16. The van der Waals surface area contributed by atoms with E-state index in [1.165, 1.54) is 0 Å². The fourth-order valence-electron chi connectivity index (χ4n) is 2.19. The van der Waals surface area contributed by atoms with Gasteiger partial charge in [-0.3, -0.25) is 10.4 Å². The molecule has 0 saturated carbocycles. The van der Waals surface area contributed by atoms with E-state index in [0.717, 1.165) is 42.0 Å². The van der Waals surface area contributed by atoms with Gasteiger partial charge in [0.15, 0.2) is 0 Å². The van der Waals surface area contributed by atoms with E-state index in [2.05, 4.69) is 27.9 Å². The number of hydrogen-bond donors (Lipinski definition) is 1. The number of rotatable bonds is 1. The highest BCUT2D eigenvalue weighted by Crippen LogP contribution is 2.20. The Hall–Kier alpha value is -1.46. The van der Waals surface area contributed by atoms with E-state index < -0.39 is 0 Å². The first kappa shape index (κ1) is 11.6. The van der Waals surface area contributed by atoms with Gasteiger partial charge in [-0.25, -0.2) is 0 Å². The average molecular weight is 260 g/mol. The molecule has 1 saturated heterocycles. The van der Waals surface area contributed by atoms with E-state index in [1.807, 2.05) is 17.6 Å². The molecule has 0 amide bonds. The molecule has 0 aromatic carbocycles. The molecule has 5 heteroatoms. The van der Waals surface area contributed by atoms with Crippen LogP contribution in [-0.4, -0.2) is 53.8 Å². The highest BCUT2D eigenvalue weighted by atomic mass is 32.1. The zero-order valence-corrected chi connectivity index (χ0v) is 11.2. The van der Waals surface area contributed by atoms with Crippen LogP contribution in [-0.2, 0) is 0 Å². The third kappa shape index (κ3) is 2.11. The monoisotopic (exact) mass is 260 g/mol. The van der Waals surface area contributed by atoms with E-state index in [9.17, 15) is 0 Å². The Balaban J connectivity index is 1.82. The van der Waals surface area contributed by atoms with Crippen molar-refractivity contribution >= 4 is 27.4 Å². The highest BCUT2D eigenvalue weighted by molar-refractivity contribution is 7.17. The minimum absolute atomic E-state index is 0.603. The summed E-state index contributed by atoms with van der Waals surface area (Å²) in [5, 5.41) is 10.3. The van der Waals surface area contributed by atoms with Gasteiger partial charge in [0, 0.05) is 37.9 Å².